The fourth-order valence-corrected chi connectivity index (χ4v) is 1.84. The van der Waals surface area contributed by atoms with Gasteiger partial charge in [0.2, 0.25) is 5.91 Å². The first-order valence-electron chi connectivity index (χ1n) is 5.83. The molecule has 1 aliphatic rings. The van der Waals surface area contributed by atoms with E-state index >= 15 is 0 Å². The molecule has 0 atom stereocenters. The molecule has 1 saturated heterocycles. The average Bonchev–Trinajstić information content (AvgIpc) is 2.73. The van der Waals surface area contributed by atoms with E-state index in [9.17, 15) is 18.0 Å². The van der Waals surface area contributed by atoms with Gasteiger partial charge in [-0.15, -0.1) is 0 Å². The van der Waals surface area contributed by atoms with E-state index in [0.29, 0.717) is 13.0 Å². The second-order valence-corrected chi connectivity index (χ2v) is 4.12. The molecular formula is C12H13F3N2O2. The molecule has 1 amide bonds. The van der Waals surface area contributed by atoms with Crippen molar-refractivity contribution in [2.24, 2.45) is 0 Å². The zero-order valence-electron chi connectivity index (χ0n) is 10.0. The molecule has 1 aromatic carbocycles. The van der Waals surface area contributed by atoms with Gasteiger partial charge in [-0.05, 0) is 12.5 Å². The summed E-state index contributed by atoms with van der Waals surface area (Å²) >= 11 is 0. The van der Waals surface area contributed by atoms with Gasteiger partial charge in [0.15, 0.2) is 0 Å². The maximum atomic E-state index is 13.6. The molecule has 1 aromatic rings. The van der Waals surface area contributed by atoms with Gasteiger partial charge in [0.05, 0.1) is 0 Å². The van der Waals surface area contributed by atoms with Crippen LogP contribution in [-0.2, 0) is 11.3 Å². The molecule has 1 N–H and O–H groups in total. The van der Waals surface area contributed by atoms with Crippen molar-refractivity contribution in [1.29, 1.82) is 0 Å². The standard InChI is InChI=1S/C12H13F3N2O2/c13-10-6-9(19-12(14)15)4-3-8(10)7-16-17-5-1-2-11(17)18/h3-4,6,12,16H,1-2,5,7H2. The summed E-state index contributed by atoms with van der Waals surface area (Å²) in [5.74, 6) is -0.913. The summed E-state index contributed by atoms with van der Waals surface area (Å²) in [5, 5.41) is 1.43. The van der Waals surface area contributed by atoms with Crippen LogP contribution in [0.5, 0.6) is 5.75 Å². The van der Waals surface area contributed by atoms with Crippen molar-refractivity contribution in [1.82, 2.24) is 10.4 Å². The highest BCUT2D eigenvalue weighted by Crippen LogP contribution is 2.19. The molecular weight excluding hydrogens is 261 g/mol. The SMILES string of the molecule is O=C1CCCN1NCc1ccc(OC(F)F)cc1F. The fourth-order valence-electron chi connectivity index (χ4n) is 1.84. The number of halogens is 3. The number of nitrogens with zero attached hydrogens (tertiary/aromatic N) is 1. The van der Waals surface area contributed by atoms with Crippen LogP contribution in [0.25, 0.3) is 0 Å². The highest BCUT2D eigenvalue weighted by molar-refractivity contribution is 5.77. The molecule has 0 aliphatic carbocycles. The molecule has 1 fully saturated rings. The Kier molecular flexibility index (Phi) is 4.26. The summed E-state index contributed by atoms with van der Waals surface area (Å²) in [6.45, 7) is -2.27. The van der Waals surface area contributed by atoms with E-state index in [-0.39, 0.29) is 23.8 Å². The van der Waals surface area contributed by atoms with Crippen molar-refractivity contribution in [2.75, 3.05) is 6.54 Å². The Balaban J connectivity index is 1.95. The number of alkyl halides is 2. The third-order valence-corrected chi connectivity index (χ3v) is 2.78. The molecule has 2 rings (SSSR count). The molecule has 0 unspecified atom stereocenters. The first-order chi connectivity index (χ1) is 9.06. The second-order valence-electron chi connectivity index (χ2n) is 4.12. The lowest BCUT2D eigenvalue weighted by Crippen LogP contribution is -2.38. The number of hydrogen-bond acceptors (Lipinski definition) is 3. The summed E-state index contributed by atoms with van der Waals surface area (Å²) in [6.07, 6.45) is 1.26. The lowest BCUT2D eigenvalue weighted by Gasteiger charge is -2.17. The zero-order valence-corrected chi connectivity index (χ0v) is 10.0. The number of hydrazine groups is 1. The summed E-state index contributed by atoms with van der Waals surface area (Å²) in [7, 11) is 0. The minimum absolute atomic E-state index is 0.0296. The molecule has 0 radical (unpaired) electrons. The van der Waals surface area contributed by atoms with Crippen LogP contribution in [0.3, 0.4) is 0 Å². The van der Waals surface area contributed by atoms with E-state index in [1.807, 2.05) is 0 Å². The van der Waals surface area contributed by atoms with Crippen LogP contribution in [-0.4, -0.2) is 24.1 Å². The first-order valence-corrected chi connectivity index (χ1v) is 5.83. The number of benzene rings is 1. The van der Waals surface area contributed by atoms with Gasteiger partial charge in [0.1, 0.15) is 11.6 Å². The average molecular weight is 274 g/mol. The number of rotatable bonds is 5. The molecule has 0 spiro atoms. The van der Waals surface area contributed by atoms with Crippen LogP contribution >= 0.6 is 0 Å². The minimum atomic E-state index is -2.98. The Hall–Kier alpha value is -1.76. The third kappa shape index (κ3) is 3.60. The Morgan fingerprint density at radius 3 is 2.79 bits per heavy atom. The van der Waals surface area contributed by atoms with E-state index in [1.54, 1.807) is 0 Å². The fraction of sp³-hybridized carbons (Fsp3) is 0.417. The van der Waals surface area contributed by atoms with Crippen molar-refractivity contribution in [2.45, 2.75) is 26.0 Å². The molecule has 0 saturated carbocycles. The van der Waals surface area contributed by atoms with E-state index in [4.69, 9.17) is 0 Å². The third-order valence-electron chi connectivity index (χ3n) is 2.78. The van der Waals surface area contributed by atoms with Crippen LogP contribution in [0.4, 0.5) is 13.2 Å². The summed E-state index contributed by atoms with van der Waals surface area (Å²) in [6, 6.07) is 3.51. The van der Waals surface area contributed by atoms with E-state index in [0.717, 1.165) is 12.5 Å². The highest BCUT2D eigenvalue weighted by atomic mass is 19.3. The van der Waals surface area contributed by atoms with E-state index < -0.39 is 12.4 Å². The van der Waals surface area contributed by atoms with Gasteiger partial charge in [-0.2, -0.15) is 8.78 Å². The molecule has 1 aliphatic heterocycles. The van der Waals surface area contributed by atoms with E-state index in [2.05, 4.69) is 10.2 Å². The molecule has 19 heavy (non-hydrogen) atoms. The minimum Gasteiger partial charge on any atom is -0.435 e. The summed E-state index contributed by atoms with van der Waals surface area (Å²) in [5.41, 5.74) is 3.08. The maximum Gasteiger partial charge on any atom is 0.387 e. The number of nitrogens with one attached hydrogen (secondary N) is 1. The lowest BCUT2D eigenvalue weighted by molar-refractivity contribution is -0.130. The monoisotopic (exact) mass is 274 g/mol. The Morgan fingerprint density at radius 2 is 2.21 bits per heavy atom. The topological polar surface area (TPSA) is 41.6 Å². The van der Waals surface area contributed by atoms with Gasteiger partial charge in [-0.1, -0.05) is 6.07 Å². The van der Waals surface area contributed by atoms with Gasteiger partial charge in [0, 0.05) is 31.1 Å². The first kappa shape index (κ1) is 13.7. The number of ether oxygens (including phenoxy) is 1. The Bertz CT molecular complexity index is 468. The number of hydrogen-bond donors (Lipinski definition) is 1. The van der Waals surface area contributed by atoms with Crippen molar-refractivity contribution in [3.8, 4) is 5.75 Å². The van der Waals surface area contributed by atoms with Gasteiger partial charge < -0.3 is 4.74 Å². The quantitative estimate of drug-likeness (QED) is 0.893. The highest BCUT2D eigenvalue weighted by Gasteiger charge is 2.20. The van der Waals surface area contributed by atoms with E-state index in [1.165, 1.54) is 17.1 Å². The van der Waals surface area contributed by atoms with Crippen LogP contribution in [0.15, 0.2) is 18.2 Å². The Morgan fingerprint density at radius 1 is 1.42 bits per heavy atom. The molecule has 104 valence electrons. The van der Waals surface area contributed by atoms with Crippen LogP contribution in [0, 0.1) is 5.82 Å². The smallest absolute Gasteiger partial charge is 0.387 e. The second kappa shape index (κ2) is 5.92. The van der Waals surface area contributed by atoms with Gasteiger partial charge >= 0.3 is 6.61 Å². The van der Waals surface area contributed by atoms with Crippen molar-refractivity contribution in [3.05, 3.63) is 29.6 Å². The van der Waals surface area contributed by atoms with Crippen LogP contribution in [0.2, 0.25) is 0 Å². The predicted molar refractivity (Wildman–Crippen MR) is 60.8 cm³/mol. The number of carbonyl (C=O) groups excluding carboxylic acids is 1. The summed E-state index contributed by atoms with van der Waals surface area (Å²) in [4.78, 5) is 11.3. The van der Waals surface area contributed by atoms with Crippen molar-refractivity contribution in [3.63, 3.8) is 0 Å². The molecule has 1 heterocycles. The van der Waals surface area contributed by atoms with Gasteiger partial charge in [-0.3, -0.25) is 9.80 Å². The van der Waals surface area contributed by atoms with Crippen LogP contribution < -0.4 is 10.2 Å². The number of carbonyl (C=O) groups is 1. The largest absolute Gasteiger partial charge is 0.435 e. The van der Waals surface area contributed by atoms with Crippen molar-refractivity contribution < 1.29 is 22.7 Å². The van der Waals surface area contributed by atoms with Crippen molar-refractivity contribution >= 4 is 5.91 Å². The lowest BCUT2D eigenvalue weighted by atomic mass is 10.2. The van der Waals surface area contributed by atoms with Gasteiger partial charge in [-0.25, -0.2) is 9.82 Å². The Labute approximate surface area is 108 Å². The maximum absolute atomic E-state index is 13.6. The van der Waals surface area contributed by atoms with Crippen LogP contribution in [0.1, 0.15) is 18.4 Å². The molecule has 0 aromatic heterocycles. The van der Waals surface area contributed by atoms with Gasteiger partial charge in [0.25, 0.3) is 0 Å². The predicted octanol–water partition coefficient (Wildman–Crippen LogP) is 2.05. The zero-order chi connectivity index (χ0) is 13.8. The molecule has 0 bridgehead atoms. The molecule has 4 nitrogen and oxygen atoms in total. The molecule has 7 heteroatoms. The number of amides is 1. The normalized spacial score (nSPS) is 15.4. The summed E-state index contributed by atoms with van der Waals surface area (Å²) < 4.78 is 41.6.